The number of nitrogens with one attached hydrogen (secondary N) is 1. The van der Waals surface area contributed by atoms with E-state index in [1.165, 1.54) is 12.3 Å². The van der Waals surface area contributed by atoms with Gasteiger partial charge in [-0.1, -0.05) is 0 Å². The van der Waals surface area contributed by atoms with Crippen molar-refractivity contribution in [1.82, 2.24) is 4.98 Å². The predicted molar refractivity (Wildman–Crippen MR) is 33.4 cm³/mol. The molecule has 1 aromatic rings. The molecule has 0 spiro atoms. The molecule has 0 radical (unpaired) electrons. The van der Waals surface area contributed by atoms with Gasteiger partial charge in [-0.15, -0.1) is 0 Å². The summed E-state index contributed by atoms with van der Waals surface area (Å²) in [5, 5.41) is 0. The quantitative estimate of drug-likeness (QED) is 0.585. The molecule has 3 N–H and O–H groups in total. The van der Waals surface area contributed by atoms with Gasteiger partial charge in [0.1, 0.15) is 5.82 Å². The monoisotopic (exact) mass is 128 g/mol. The SMILES string of the molecule is C[C@@H](N)c1[nH]ccc1F. The Morgan fingerprint density at radius 1 is 1.78 bits per heavy atom. The summed E-state index contributed by atoms with van der Waals surface area (Å²) >= 11 is 0. The Kier molecular flexibility index (Phi) is 1.53. The van der Waals surface area contributed by atoms with E-state index >= 15 is 0 Å². The summed E-state index contributed by atoms with van der Waals surface area (Å²) in [6.07, 6.45) is 1.54. The highest BCUT2D eigenvalue weighted by Gasteiger charge is 2.05. The van der Waals surface area contributed by atoms with Crippen molar-refractivity contribution < 1.29 is 4.39 Å². The largest absolute Gasteiger partial charge is 0.361 e. The maximum absolute atomic E-state index is 12.5. The van der Waals surface area contributed by atoms with Gasteiger partial charge in [-0.2, -0.15) is 0 Å². The van der Waals surface area contributed by atoms with Crippen LogP contribution in [0.2, 0.25) is 0 Å². The molecule has 1 aromatic heterocycles. The lowest BCUT2D eigenvalue weighted by atomic mass is 10.2. The fraction of sp³-hybridized carbons (Fsp3) is 0.333. The van der Waals surface area contributed by atoms with Crippen LogP contribution in [0.25, 0.3) is 0 Å². The molecule has 0 fully saturated rings. The number of rotatable bonds is 1. The van der Waals surface area contributed by atoms with E-state index in [4.69, 9.17) is 5.73 Å². The zero-order chi connectivity index (χ0) is 6.85. The highest BCUT2D eigenvalue weighted by molar-refractivity contribution is 5.10. The number of nitrogens with two attached hydrogens (primary N) is 1. The van der Waals surface area contributed by atoms with Crippen LogP contribution in [0, 0.1) is 5.82 Å². The molecule has 9 heavy (non-hydrogen) atoms. The van der Waals surface area contributed by atoms with E-state index in [1.54, 1.807) is 6.92 Å². The van der Waals surface area contributed by atoms with Gasteiger partial charge >= 0.3 is 0 Å². The van der Waals surface area contributed by atoms with Gasteiger partial charge in [0.2, 0.25) is 0 Å². The minimum atomic E-state index is -0.259. The van der Waals surface area contributed by atoms with Crippen molar-refractivity contribution in [2.75, 3.05) is 0 Å². The molecule has 1 atom stereocenters. The lowest BCUT2D eigenvalue weighted by Gasteiger charge is -1.99. The number of halogens is 1. The smallest absolute Gasteiger partial charge is 0.145 e. The second kappa shape index (κ2) is 2.19. The Labute approximate surface area is 52.9 Å². The van der Waals surface area contributed by atoms with E-state index in [0.29, 0.717) is 5.69 Å². The molecule has 0 aromatic carbocycles. The molecule has 0 amide bonds. The van der Waals surface area contributed by atoms with Crippen molar-refractivity contribution in [1.29, 1.82) is 0 Å². The van der Waals surface area contributed by atoms with E-state index < -0.39 is 0 Å². The first-order chi connectivity index (χ1) is 4.22. The van der Waals surface area contributed by atoms with Crippen LogP contribution in [-0.2, 0) is 0 Å². The molecule has 0 aliphatic carbocycles. The van der Waals surface area contributed by atoms with Gasteiger partial charge in [0.05, 0.1) is 5.69 Å². The third-order valence-corrected chi connectivity index (χ3v) is 1.18. The predicted octanol–water partition coefficient (Wildman–Crippen LogP) is 1.17. The first-order valence-corrected chi connectivity index (χ1v) is 2.80. The summed E-state index contributed by atoms with van der Waals surface area (Å²) in [6, 6.07) is 1.11. The Balaban J connectivity index is 2.94. The van der Waals surface area contributed by atoms with Gasteiger partial charge in [-0.3, -0.25) is 0 Å². The third kappa shape index (κ3) is 1.10. The average molecular weight is 128 g/mol. The molecule has 2 nitrogen and oxygen atoms in total. The first kappa shape index (κ1) is 6.29. The molecule has 0 bridgehead atoms. The van der Waals surface area contributed by atoms with Gasteiger partial charge in [-0.05, 0) is 13.0 Å². The lowest BCUT2D eigenvalue weighted by Crippen LogP contribution is -2.06. The number of hydrogen-bond donors (Lipinski definition) is 2. The first-order valence-electron chi connectivity index (χ1n) is 2.80. The van der Waals surface area contributed by atoms with Gasteiger partial charge in [0.25, 0.3) is 0 Å². The Morgan fingerprint density at radius 3 is 2.67 bits per heavy atom. The van der Waals surface area contributed by atoms with E-state index in [9.17, 15) is 4.39 Å². The van der Waals surface area contributed by atoms with Crippen LogP contribution in [0.15, 0.2) is 12.3 Å². The Bertz CT molecular complexity index is 193. The minimum Gasteiger partial charge on any atom is -0.361 e. The van der Waals surface area contributed by atoms with Crippen molar-refractivity contribution in [3.05, 3.63) is 23.8 Å². The summed E-state index contributed by atoms with van der Waals surface area (Å²) in [6.45, 7) is 1.73. The van der Waals surface area contributed by atoms with Crippen molar-refractivity contribution in [2.45, 2.75) is 13.0 Å². The number of H-pyrrole nitrogens is 1. The second-order valence-corrected chi connectivity index (χ2v) is 2.03. The fourth-order valence-electron chi connectivity index (χ4n) is 0.712. The zero-order valence-electron chi connectivity index (χ0n) is 5.19. The van der Waals surface area contributed by atoms with Crippen LogP contribution in [0.3, 0.4) is 0 Å². The second-order valence-electron chi connectivity index (χ2n) is 2.03. The zero-order valence-corrected chi connectivity index (χ0v) is 5.19. The van der Waals surface area contributed by atoms with Gasteiger partial charge in [0.15, 0.2) is 0 Å². The van der Waals surface area contributed by atoms with Crippen LogP contribution in [0.5, 0.6) is 0 Å². The maximum atomic E-state index is 12.5. The highest BCUT2D eigenvalue weighted by atomic mass is 19.1. The molecule has 0 unspecified atom stereocenters. The van der Waals surface area contributed by atoms with E-state index in [1.807, 2.05) is 0 Å². The summed E-state index contributed by atoms with van der Waals surface area (Å²) in [5.41, 5.74) is 5.86. The van der Waals surface area contributed by atoms with Crippen molar-refractivity contribution in [3.8, 4) is 0 Å². The van der Waals surface area contributed by atoms with Crippen LogP contribution < -0.4 is 5.73 Å². The van der Waals surface area contributed by atoms with Gasteiger partial charge in [0, 0.05) is 12.2 Å². The normalized spacial score (nSPS) is 13.7. The number of aromatic nitrogens is 1. The van der Waals surface area contributed by atoms with E-state index in [0.717, 1.165) is 0 Å². The fourth-order valence-corrected chi connectivity index (χ4v) is 0.712. The number of aromatic amines is 1. The van der Waals surface area contributed by atoms with Crippen molar-refractivity contribution >= 4 is 0 Å². The molecular weight excluding hydrogens is 119 g/mol. The molecule has 0 saturated carbocycles. The van der Waals surface area contributed by atoms with Crippen LogP contribution >= 0.6 is 0 Å². The van der Waals surface area contributed by atoms with Crippen molar-refractivity contribution in [3.63, 3.8) is 0 Å². The van der Waals surface area contributed by atoms with Crippen molar-refractivity contribution in [2.24, 2.45) is 5.73 Å². The van der Waals surface area contributed by atoms with Crippen LogP contribution in [-0.4, -0.2) is 4.98 Å². The topological polar surface area (TPSA) is 41.8 Å². The third-order valence-electron chi connectivity index (χ3n) is 1.18. The van der Waals surface area contributed by atoms with Crippen LogP contribution in [0.4, 0.5) is 4.39 Å². The molecule has 1 heterocycles. The minimum absolute atomic E-state index is 0.250. The molecule has 50 valence electrons. The Morgan fingerprint density at radius 2 is 2.44 bits per heavy atom. The highest BCUT2D eigenvalue weighted by Crippen LogP contribution is 2.10. The summed E-state index contributed by atoms with van der Waals surface area (Å²) in [5.74, 6) is -0.259. The number of hydrogen-bond acceptors (Lipinski definition) is 1. The molecular formula is C6H9FN2. The summed E-state index contributed by atoms with van der Waals surface area (Å²) in [4.78, 5) is 2.70. The average Bonchev–Trinajstić information content (AvgIpc) is 2.13. The summed E-state index contributed by atoms with van der Waals surface area (Å²) < 4.78 is 12.5. The molecule has 3 heteroatoms. The molecule has 0 aliphatic heterocycles. The van der Waals surface area contributed by atoms with E-state index in [2.05, 4.69) is 4.98 Å². The summed E-state index contributed by atoms with van der Waals surface area (Å²) in [7, 11) is 0. The lowest BCUT2D eigenvalue weighted by molar-refractivity contribution is 0.591. The maximum Gasteiger partial charge on any atom is 0.145 e. The van der Waals surface area contributed by atoms with E-state index in [-0.39, 0.29) is 11.9 Å². The molecule has 1 rings (SSSR count). The van der Waals surface area contributed by atoms with Crippen LogP contribution in [0.1, 0.15) is 18.7 Å². The Hall–Kier alpha value is -0.830. The van der Waals surface area contributed by atoms with Gasteiger partial charge < -0.3 is 10.7 Å². The van der Waals surface area contributed by atoms with Gasteiger partial charge in [-0.25, -0.2) is 4.39 Å². The molecule has 0 saturated heterocycles. The molecule has 0 aliphatic rings. The standard InChI is InChI=1S/C6H9FN2/c1-4(8)6-5(7)2-3-9-6/h2-4,9H,8H2,1H3/t4-/m1/s1.